The molecular weight excluding hydrogens is 434 g/mol. The third-order valence-electron chi connectivity index (χ3n) is 8.58. The lowest BCUT2D eigenvalue weighted by atomic mass is 9.60. The molecule has 2 aliphatic heterocycles. The van der Waals surface area contributed by atoms with E-state index in [0.29, 0.717) is 12.0 Å². The van der Waals surface area contributed by atoms with Gasteiger partial charge in [-0.1, -0.05) is 48.4 Å². The molecule has 0 atom stereocenters. The maximum atomic E-state index is 6.13. The molecule has 3 aliphatic rings. The molecule has 1 saturated carbocycles. The summed E-state index contributed by atoms with van der Waals surface area (Å²) in [4.78, 5) is 11.7. The smallest absolute Gasteiger partial charge is 0.225 e. The number of aryl methyl sites for hydroxylation is 1. The highest BCUT2D eigenvalue weighted by molar-refractivity contribution is 5.44. The number of nitrogens with zero attached hydrogens (tertiary/aromatic N) is 3. The van der Waals surface area contributed by atoms with Gasteiger partial charge in [0.05, 0.1) is 5.69 Å². The molecule has 5 heteroatoms. The van der Waals surface area contributed by atoms with Crippen LogP contribution in [-0.2, 0) is 16.8 Å². The number of hydrogen-bond donors (Lipinski definition) is 0. The molecule has 5 nitrogen and oxygen atoms in total. The van der Waals surface area contributed by atoms with E-state index in [2.05, 4.69) is 65.3 Å². The van der Waals surface area contributed by atoms with Crippen LogP contribution >= 0.6 is 0 Å². The molecule has 1 aromatic heterocycles. The Kier molecular flexibility index (Phi) is 5.97. The molecule has 3 heterocycles. The average Bonchev–Trinajstić information content (AvgIpc) is 3.28. The summed E-state index contributed by atoms with van der Waals surface area (Å²) < 4.78 is 11.7. The Morgan fingerprint density at radius 1 is 0.886 bits per heavy atom. The summed E-state index contributed by atoms with van der Waals surface area (Å²) in [6.45, 7) is 6.42. The maximum absolute atomic E-state index is 6.13. The van der Waals surface area contributed by atoms with E-state index in [4.69, 9.17) is 14.5 Å². The minimum Gasteiger partial charge on any atom is -0.487 e. The van der Waals surface area contributed by atoms with Gasteiger partial charge in [0.1, 0.15) is 12.4 Å². The monoisotopic (exact) mass is 469 g/mol. The molecule has 3 fully saturated rings. The largest absolute Gasteiger partial charge is 0.487 e. The van der Waals surface area contributed by atoms with Gasteiger partial charge < -0.3 is 14.4 Å². The van der Waals surface area contributed by atoms with Gasteiger partial charge >= 0.3 is 0 Å². The fraction of sp³-hybridized carbons (Fsp3) is 0.467. The summed E-state index contributed by atoms with van der Waals surface area (Å²) in [6.07, 6.45) is 9.07. The van der Waals surface area contributed by atoms with Crippen LogP contribution in [0.5, 0.6) is 5.75 Å². The lowest BCUT2D eigenvalue weighted by Gasteiger charge is -2.43. The number of ether oxygens (including phenoxy) is 2. The van der Waals surface area contributed by atoms with Gasteiger partial charge in [-0.3, -0.25) is 0 Å². The molecule has 1 spiro atoms. The minimum absolute atomic E-state index is 0.158. The first-order chi connectivity index (χ1) is 17.1. The van der Waals surface area contributed by atoms with Gasteiger partial charge in [-0.25, -0.2) is 9.97 Å². The molecule has 2 aromatic carbocycles. The van der Waals surface area contributed by atoms with Crippen LogP contribution in [0, 0.1) is 12.3 Å². The van der Waals surface area contributed by atoms with Gasteiger partial charge in [0, 0.05) is 37.9 Å². The van der Waals surface area contributed by atoms with Crippen molar-refractivity contribution in [3.63, 3.8) is 0 Å². The minimum atomic E-state index is 0.158. The van der Waals surface area contributed by atoms with Crippen LogP contribution in [-0.4, -0.2) is 36.3 Å². The third kappa shape index (κ3) is 4.42. The van der Waals surface area contributed by atoms with Crippen molar-refractivity contribution in [2.45, 2.75) is 57.5 Å². The van der Waals surface area contributed by atoms with E-state index in [1.54, 1.807) is 0 Å². The molecule has 1 aliphatic carbocycles. The number of hydrogen-bond acceptors (Lipinski definition) is 5. The molecule has 0 radical (unpaired) electrons. The topological polar surface area (TPSA) is 47.5 Å². The van der Waals surface area contributed by atoms with Crippen molar-refractivity contribution in [2.75, 3.05) is 31.2 Å². The number of rotatable bonds is 6. The predicted octanol–water partition coefficient (Wildman–Crippen LogP) is 5.84. The zero-order valence-corrected chi connectivity index (χ0v) is 20.7. The zero-order valence-electron chi connectivity index (χ0n) is 20.7. The Morgan fingerprint density at radius 2 is 1.60 bits per heavy atom. The predicted molar refractivity (Wildman–Crippen MR) is 138 cm³/mol. The SMILES string of the molecule is Cc1ccc(C2(c3ccc(OCc4ccnc(N5CCC6(CCOCC6)C5)n4)cc3)CCC2)cc1. The van der Waals surface area contributed by atoms with Crippen molar-refractivity contribution < 1.29 is 9.47 Å². The van der Waals surface area contributed by atoms with E-state index in [1.807, 2.05) is 12.3 Å². The summed E-state index contributed by atoms with van der Waals surface area (Å²) >= 11 is 0. The van der Waals surface area contributed by atoms with Crippen LogP contribution in [0.4, 0.5) is 5.95 Å². The average molecular weight is 470 g/mol. The van der Waals surface area contributed by atoms with Crippen molar-refractivity contribution in [1.82, 2.24) is 9.97 Å². The van der Waals surface area contributed by atoms with Crippen LogP contribution < -0.4 is 9.64 Å². The van der Waals surface area contributed by atoms with Crippen LogP contribution in [0.2, 0.25) is 0 Å². The fourth-order valence-electron chi connectivity index (χ4n) is 6.11. The quantitative estimate of drug-likeness (QED) is 0.454. The lowest BCUT2D eigenvalue weighted by molar-refractivity contribution is 0.0254. The normalized spacial score (nSPS) is 20.5. The standard InChI is InChI=1S/C30H35N3O2/c1-23-3-5-24(6-4-23)30(12-2-13-30)25-7-9-27(10-8-25)35-21-26-11-17-31-28(32-26)33-18-14-29(22-33)15-19-34-20-16-29/h3-11,17H,2,12-16,18-22H2,1H3. The van der Waals surface area contributed by atoms with Gasteiger partial charge in [-0.2, -0.15) is 0 Å². The Morgan fingerprint density at radius 3 is 2.29 bits per heavy atom. The zero-order chi connectivity index (χ0) is 23.7. The van der Waals surface area contributed by atoms with Crippen molar-refractivity contribution in [3.8, 4) is 5.75 Å². The highest BCUT2D eigenvalue weighted by Crippen LogP contribution is 2.49. The van der Waals surface area contributed by atoms with Crippen LogP contribution in [0.25, 0.3) is 0 Å². The second-order valence-electron chi connectivity index (χ2n) is 10.7. The van der Waals surface area contributed by atoms with Crippen LogP contribution in [0.3, 0.4) is 0 Å². The second-order valence-corrected chi connectivity index (χ2v) is 10.7. The third-order valence-corrected chi connectivity index (χ3v) is 8.58. The summed E-state index contributed by atoms with van der Waals surface area (Å²) in [5.41, 5.74) is 5.59. The molecule has 6 rings (SSSR count). The first-order valence-corrected chi connectivity index (χ1v) is 13.1. The number of anilines is 1. The van der Waals surface area contributed by atoms with Crippen molar-refractivity contribution in [2.24, 2.45) is 5.41 Å². The van der Waals surface area contributed by atoms with E-state index in [0.717, 1.165) is 56.5 Å². The molecule has 0 unspecified atom stereocenters. The molecular formula is C30H35N3O2. The van der Waals surface area contributed by atoms with Gasteiger partial charge in [-0.05, 0) is 73.8 Å². The van der Waals surface area contributed by atoms with Crippen molar-refractivity contribution in [3.05, 3.63) is 83.2 Å². The molecule has 0 bridgehead atoms. The Hall–Kier alpha value is -2.92. The highest BCUT2D eigenvalue weighted by atomic mass is 16.5. The van der Waals surface area contributed by atoms with Gasteiger partial charge in [0.25, 0.3) is 0 Å². The van der Waals surface area contributed by atoms with Crippen molar-refractivity contribution in [1.29, 1.82) is 0 Å². The molecule has 0 amide bonds. The number of benzene rings is 2. The van der Waals surface area contributed by atoms with E-state index < -0.39 is 0 Å². The molecule has 2 saturated heterocycles. The molecule has 0 N–H and O–H groups in total. The summed E-state index contributed by atoms with van der Waals surface area (Å²) in [6, 6.07) is 19.7. The highest BCUT2D eigenvalue weighted by Gasteiger charge is 2.41. The van der Waals surface area contributed by atoms with E-state index in [9.17, 15) is 0 Å². The Balaban J connectivity index is 1.10. The second kappa shape index (κ2) is 9.27. The number of aromatic nitrogens is 2. The van der Waals surface area contributed by atoms with Gasteiger partial charge in [0.2, 0.25) is 5.95 Å². The summed E-state index contributed by atoms with van der Waals surface area (Å²) in [5.74, 6) is 1.71. The molecule has 35 heavy (non-hydrogen) atoms. The van der Waals surface area contributed by atoms with E-state index >= 15 is 0 Å². The van der Waals surface area contributed by atoms with Gasteiger partial charge in [-0.15, -0.1) is 0 Å². The Bertz CT molecular complexity index is 1150. The Labute approximate surface area is 208 Å². The van der Waals surface area contributed by atoms with Crippen LogP contribution in [0.15, 0.2) is 60.8 Å². The van der Waals surface area contributed by atoms with Crippen LogP contribution in [0.1, 0.15) is 60.9 Å². The molecule has 182 valence electrons. The van der Waals surface area contributed by atoms with E-state index in [-0.39, 0.29) is 5.41 Å². The fourth-order valence-corrected chi connectivity index (χ4v) is 6.11. The van der Waals surface area contributed by atoms with E-state index in [1.165, 1.54) is 42.4 Å². The first-order valence-electron chi connectivity index (χ1n) is 13.1. The maximum Gasteiger partial charge on any atom is 0.225 e. The first kappa shape index (κ1) is 22.5. The lowest BCUT2D eigenvalue weighted by Crippen LogP contribution is -2.35. The van der Waals surface area contributed by atoms with Gasteiger partial charge in [0.15, 0.2) is 0 Å². The summed E-state index contributed by atoms with van der Waals surface area (Å²) in [5, 5.41) is 0. The van der Waals surface area contributed by atoms with Crippen molar-refractivity contribution >= 4 is 5.95 Å². The molecule has 3 aromatic rings. The summed E-state index contributed by atoms with van der Waals surface area (Å²) in [7, 11) is 0.